The molecule has 0 spiro atoms. The predicted molar refractivity (Wildman–Crippen MR) is 78.5 cm³/mol. The van der Waals surface area contributed by atoms with Gasteiger partial charge in [-0.05, 0) is 25.3 Å². The van der Waals surface area contributed by atoms with Crippen molar-refractivity contribution in [1.29, 1.82) is 0 Å². The fourth-order valence-corrected chi connectivity index (χ4v) is 1.88. The van der Waals surface area contributed by atoms with E-state index < -0.39 is 5.97 Å². The summed E-state index contributed by atoms with van der Waals surface area (Å²) in [6, 6.07) is 0. The Morgan fingerprint density at radius 2 is 1.68 bits per heavy atom. The molecule has 0 aromatic heterocycles. The third kappa shape index (κ3) is 17.4. The Bertz CT molecular complexity index is 208. The monoisotopic (exact) mass is 273 g/mol. The molecule has 19 heavy (non-hydrogen) atoms. The fraction of sp³-hybridized carbons (Fsp3) is 0.933. The molecule has 0 fully saturated rings. The molecule has 0 aliphatic rings. The molecule has 0 atom stereocenters. The van der Waals surface area contributed by atoms with Gasteiger partial charge in [-0.1, -0.05) is 46.0 Å². The minimum absolute atomic E-state index is 0.0381. The Morgan fingerprint density at radius 1 is 1.05 bits per heavy atom. The molecule has 0 aliphatic heterocycles. The van der Waals surface area contributed by atoms with Crippen molar-refractivity contribution in [3.63, 3.8) is 0 Å². The van der Waals surface area contributed by atoms with Crippen LogP contribution in [0.5, 0.6) is 0 Å². The highest BCUT2D eigenvalue weighted by Gasteiger charge is 1.96. The maximum atomic E-state index is 10.2. The third-order valence-corrected chi connectivity index (χ3v) is 2.99. The minimum Gasteiger partial charge on any atom is -0.480 e. The van der Waals surface area contributed by atoms with Gasteiger partial charge in [0.2, 0.25) is 0 Å². The number of unbranched alkanes of at least 4 members (excludes halogenated alkanes) is 4. The largest absolute Gasteiger partial charge is 0.480 e. The topological polar surface area (TPSA) is 58.6 Å². The van der Waals surface area contributed by atoms with Crippen molar-refractivity contribution in [3.05, 3.63) is 0 Å². The molecular weight excluding hydrogens is 242 g/mol. The van der Waals surface area contributed by atoms with E-state index in [1.807, 2.05) is 0 Å². The highest BCUT2D eigenvalue weighted by Crippen LogP contribution is 2.10. The molecule has 0 aromatic carbocycles. The van der Waals surface area contributed by atoms with E-state index in [0.29, 0.717) is 6.54 Å². The Balaban J connectivity index is 2.97. The quantitative estimate of drug-likeness (QED) is 0.478. The molecule has 114 valence electrons. The van der Waals surface area contributed by atoms with Gasteiger partial charge in [0.1, 0.15) is 0 Å². The summed E-state index contributed by atoms with van der Waals surface area (Å²) in [6.45, 7) is 6.86. The molecule has 0 amide bonds. The lowest BCUT2D eigenvalue weighted by molar-refractivity contribution is -0.135. The van der Waals surface area contributed by atoms with Gasteiger partial charge in [-0.15, -0.1) is 0 Å². The number of carboxylic acids is 1. The zero-order chi connectivity index (χ0) is 14.3. The first-order valence-electron chi connectivity index (χ1n) is 7.63. The first-order valence-corrected chi connectivity index (χ1v) is 7.63. The van der Waals surface area contributed by atoms with E-state index in [1.165, 1.54) is 32.1 Å². The zero-order valence-corrected chi connectivity index (χ0v) is 12.6. The van der Waals surface area contributed by atoms with Crippen molar-refractivity contribution in [2.24, 2.45) is 5.92 Å². The van der Waals surface area contributed by atoms with Crippen molar-refractivity contribution >= 4 is 5.97 Å². The Hall–Kier alpha value is -0.610. The van der Waals surface area contributed by atoms with E-state index in [2.05, 4.69) is 19.2 Å². The number of nitrogens with one attached hydrogen (secondary N) is 1. The molecule has 2 N–H and O–H groups in total. The minimum atomic E-state index is -0.807. The van der Waals surface area contributed by atoms with Crippen LogP contribution in [0.1, 0.15) is 58.8 Å². The average molecular weight is 273 g/mol. The third-order valence-electron chi connectivity index (χ3n) is 2.99. The van der Waals surface area contributed by atoms with Crippen LogP contribution in [0.2, 0.25) is 0 Å². The van der Waals surface area contributed by atoms with E-state index >= 15 is 0 Å². The van der Waals surface area contributed by atoms with Crippen molar-refractivity contribution in [3.8, 4) is 0 Å². The van der Waals surface area contributed by atoms with Crippen LogP contribution in [0.25, 0.3) is 0 Å². The Labute approximate surface area is 117 Å². The van der Waals surface area contributed by atoms with Crippen LogP contribution in [0.3, 0.4) is 0 Å². The Kier molecular flexibility index (Phi) is 13.4. The number of rotatable bonds is 14. The molecule has 0 aromatic rings. The van der Waals surface area contributed by atoms with Crippen LogP contribution in [0, 0.1) is 5.92 Å². The van der Waals surface area contributed by atoms with Crippen LogP contribution in [0.4, 0.5) is 0 Å². The molecule has 0 bridgehead atoms. The van der Waals surface area contributed by atoms with Crippen molar-refractivity contribution in [2.75, 3.05) is 26.3 Å². The molecule has 4 nitrogen and oxygen atoms in total. The second-order valence-corrected chi connectivity index (χ2v) is 5.49. The summed E-state index contributed by atoms with van der Waals surface area (Å²) < 4.78 is 5.50. The molecule has 0 rings (SSSR count). The maximum Gasteiger partial charge on any atom is 0.317 e. The highest BCUT2D eigenvalue weighted by molar-refractivity contribution is 5.68. The van der Waals surface area contributed by atoms with Gasteiger partial charge in [-0.3, -0.25) is 4.79 Å². The lowest BCUT2D eigenvalue weighted by Crippen LogP contribution is -2.24. The van der Waals surface area contributed by atoms with Gasteiger partial charge < -0.3 is 15.2 Å². The van der Waals surface area contributed by atoms with Crippen molar-refractivity contribution < 1.29 is 14.6 Å². The molecule has 0 aliphatic carbocycles. The van der Waals surface area contributed by atoms with Crippen LogP contribution in [-0.4, -0.2) is 37.4 Å². The molecule has 0 unspecified atom stereocenters. The molecular formula is C15H31NO3. The summed E-state index contributed by atoms with van der Waals surface area (Å²) in [4.78, 5) is 10.2. The smallest absolute Gasteiger partial charge is 0.317 e. The Morgan fingerprint density at radius 3 is 2.37 bits per heavy atom. The van der Waals surface area contributed by atoms with Crippen molar-refractivity contribution in [1.82, 2.24) is 5.32 Å². The lowest BCUT2D eigenvalue weighted by atomic mass is 10.0. The SMILES string of the molecule is CC(C)CCCCCCCOCCCNCC(=O)O. The maximum absolute atomic E-state index is 10.2. The predicted octanol–water partition coefficient (Wildman–Crippen LogP) is 3.06. The molecule has 0 saturated heterocycles. The normalized spacial score (nSPS) is 11.1. The first-order chi connectivity index (χ1) is 9.13. The van der Waals surface area contributed by atoms with Gasteiger partial charge in [-0.25, -0.2) is 0 Å². The zero-order valence-electron chi connectivity index (χ0n) is 12.6. The summed E-state index contributed by atoms with van der Waals surface area (Å²) in [7, 11) is 0. The van der Waals surface area contributed by atoms with E-state index in [9.17, 15) is 4.79 Å². The number of aliphatic carboxylic acids is 1. The van der Waals surface area contributed by atoms with Gasteiger partial charge >= 0.3 is 5.97 Å². The standard InChI is InChI=1S/C15H31NO3/c1-14(2)9-6-4-3-5-7-11-19-12-8-10-16-13-15(17)18/h14,16H,3-13H2,1-2H3,(H,17,18). The molecule has 0 saturated carbocycles. The van der Waals surface area contributed by atoms with Crippen molar-refractivity contribution in [2.45, 2.75) is 58.8 Å². The van der Waals surface area contributed by atoms with Crippen LogP contribution in [-0.2, 0) is 9.53 Å². The van der Waals surface area contributed by atoms with Gasteiger partial charge in [0.15, 0.2) is 0 Å². The van der Waals surface area contributed by atoms with Gasteiger partial charge in [0.05, 0.1) is 6.54 Å². The van der Waals surface area contributed by atoms with Crippen LogP contribution in [0.15, 0.2) is 0 Å². The van der Waals surface area contributed by atoms with Gasteiger partial charge in [0, 0.05) is 13.2 Å². The number of hydrogen-bond acceptors (Lipinski definition) is 3. The van der Waals surface area contributed by atoms with E-state index in [0.717, 1.165) is 32.0 Å². The van der Waals surface area contributed by atoms with Gasteiger partial charge in [-0.2, -0.15) is 0 Å². The van der Waals surface area contributed by atoms with E-state index in [-0.39, 0.29) is 6.54 Å². The lowest BCUT2D eigenvalue weighted by Gasteiger charge is -2.06. The summed E-state index contributed by atoms with van der Waals surface area (Å²) in [5.41, 5.74) is 0. The van der Waals surface area contributed by atoms with E-state index in [1.54, 1.807) is 0 Å². The highest BCUT2D eigenvalue weighted by atomic mass is 16.5. The molecule has 4 heteroatoms. The van der Waals surface area contributed by atoms with Gasteiger partial charge in [0.25, 0.3) is 0 Å². The second-order valence-electron chi connectivity index (χ2n) is 5.49. The van der Waals surface area contributed by atoms with Crippen LogP contribution < -0.4 is 5.32 Å². The fourth-order valence-electron chi connectivity index (χ4n) is 1.88. The number of ether oxygens (including phenoxy) is 1. The molecule has 0 radical (unpaired) electrons. The number of carboxylic acid groups (broad SMARTS) is 1. The van der Waals surface area contributed by atoms with Crippen LogP contribution >= 0.6 is 0 Å². The molecule has 0 heterocycles. The van der Waals surface area contributed by atoms with E-state index in [4.69, 9.17) is 9.84 Å². The summed E-state index contributed by atoms with van der Waals surface area (Å²) in [5, 5.41) is 11.3. The summed E-state index contributed by atoms with van der Waals surface area (Å²) in [5.74, 6) is 0.0245. The summed E-state index contributed by atoms with van der Waals surface area (Å²) in [6.07, 6.45) is 8.64. The second kappa shape index (κ2) is 13.8. The average Bonchev–Trinajstić information content (AvgIpc) is 2.34. The summed E-state index contributed by atoms with van der Waals surface area (Å²) >= 11 is 0. The number of hydrogen-bond donors (Lipinski definition) is 2. The number of carbonyl (C=O) groups is 1. The first kappa shape index (κ1) is 18.4.